The van der Waals surface area contributed by atoms with Gasteiger partial charge in [0.15, 0.2) is 0 Å². The number of nitrogens with one attached hydrogen (secondary N) is 1. The van der Waals surface area contributed by atoms with Crippen LogP contribution in [-0.2, 0) is 16.0 Å². The number of nitrogens with zero attached hydrogens (tertiary/aromatic N) is 1. The highest BCUT2D eigenvalue weighted by Gasteiger charge is 2.12. The number of rotatable bonds is 6. The van der Waals surface area contributed by atoms with Crippen LogP contribution in [0.3, 0.4) is 0 Å². The zero-order valence-corrected chi connectivity index (χ0v) is 12.9. The van der Waals surface area contributed by atoms with Crippen molar-refractivity contribution >= 4 is 17.4 Å². The summed E-state index contributed by atoms with van der Waals surface area (Å²) in [5.41, 5.74) is 2.28. The molecule has 0 amide bonds. The third-order valence-electron chi connectivity index (χ3n) is 3.11. The van der Waals surface area contributed by atoms with E-state index < -0.39 is 0 Å². The van der Waals surface area contributed by atoms with E-state index in [0.29, 0.717) is 18.0 Å². The smallest absolute Gasteiger partial charge is 0.340 e. The van der Waals surface area contributed by atoms with Crippen LogP contribution in [0, 0.1) is 0 Å². The number of anilines is 1. The van der Waals surface area contributed by atoms with Crippen molar-refractivity contribution in [3.8, 4) is 0 Å². The van der Waals surface area contributed by atoms with E-state index in [9.17, 15) is 4.79 Å². The van der Waals surface area contributed by atoms with Crippen LogP contribution in [0.2, 0.25) is 0 Å². The minimum atomic E-state index is -0.354. The van der Waals surface area contributed by atoms with Gasteiger partial charge < -0.3 is 10.1 Å². The van der Waals surface area contributed by atoms with Crippen molar-refractivity contribution in [3.05, 3.63) is 66.0 Å². The summed E-state index contributed by atoms with van der Waals surface area (Å²) in [6, 6.07) is 15.2. The quantitative estimate of drug-likeness (QED) is 0.653. The molecule has 4 nitrogen and oxygen atoms in total. The number of carbonyl (C=O) groups excluding carboxylic acids is 1. The molecule has 0 unspecified atom stereocenters. The summed E-state index contributed by atoms with van der Waals surface area (Å²) < 4.78 is 5.12. The van der Waals surface area contributed by atoms with Gasteiger partial charge in [-0.25, -0.2) is 9.78 Å². The highest BCUT2D eigenvalue weighted by atomic mass is 16.5. The van der Waals surface area contributed by atoms with Crippen LogP contribution >= 0.6 is 0 Å². The largest absolute Gasteiger partial charge is 0.462 e. The molecule has 0 aliphatic carbocycles. The first-order valence-corrected chi connectivity index (χ1v) is 7.39. The lowest BCUT2D eigenvalue weighted by Crippen LogP contribution is -2.09. The lowest BCUT2D eigenvalue weighted by atomic mass is 10.1. The fourth-order valence-electron chi connectivity index (χ4n) is 1.99. The molecule has 0 bridgehead atoms. The van der Waals surface area contributed by atoms with Crippen molar-refractivity contribution in [3.63, 3.8) is 0 Å². The Labute approximate surface area is 130 Å². The van der Waals surface area contributed by atoms with Crippen molar-refractivity contribution in [2.24, 2.45) is 0 Å². The molecule has 1 heterocycles. The Morgan fingerprint density at radius 1 is 1.14 bits per heavy atom. The number of hydrogen-bond donors (Lipinski definition) is 1. The highest BCUT2D eigenvalue weighted by molar-refractivity contribution is 6.16. The summed E-state index contributed by atoms with van der Waals surface area (Å²) >= 11 is 0. The number of aryl methyl sites for hydroxylation is 1. The third-order valence-corrected chi connectivity index (χ3v) is 3.11. The van der Waals surface area contributed by atoms with Gasteiger partial charge in [-0.15, -0.1) is 0 Å². The van der Waals surface area contributed by atoms with E-state index in [1.54, 1.807) is 13.1 Å². The molecule has 1 aromatic carbocycles. The molecule has 1 N–H and O–H groups in total. The van der Waals surface area contributed by atoms with E-state index in [1.165, 1.54) is 0 Å². The standard InChI is InChI=1S/C18H20N2O2/c1-3-15-11-8-12-17(20-15)19-13-16(18(21)22-4-2)14-9-6-5-7-10-14/h5-13H,3-4H2,1-2H3,(H,19,20). The highest BCUT2D eigenvalue weighted by Crippen LogP contribution is 2.16. The van der Waals surface area contributed by atoms with Gasteiger partial charge in [0.05, 0.1) is 12.2 Å². The molecule has 0 spiro atoms. The van der Waals surface area contributed by atoms with Gasteiger partial charge in [0, 0.05) is 11.9 Å². The predicted octanol–water partition coefficient (Wildman–Crippen LogP) is 3.66. The third kappa shape index (κ3) is 4.19. The molecule has 0 fully saturated rings. The molecule has 0 radical (unpaired) electrons. The molecule has 114 valence electrons. The van der Waals surface area contributed by atoms with Crippen molar-refractivity contribution in [2.75, 3.05) is 11.9 Å². The maximum absolute atomic E-state index is 12.1. The first-order valence-electron chi connectivity index (χ1n) is 7.39. The normalized spacial score (nSPS) is 11.1. The molecule has 2 aromatic rings. The van der Waals surface area contributed by atoms with E-state index in [4.69, 9.17) is 4.74 Å². The second-order valence-corrected chi connectivity index (χ2v) is 4.66. The van der Waals surface area contributed by atoms with Crippen LogP contribution in [0.5, 0.6) is 0 Å². The van der Waals surface area contributed by atoms with E-state index in [0.717, 1.165) is 17.7 Å². The van der Waals surface area contributed by atoms with Gasteiger partial charge in [-0.05, 0) is 31.0 Å². The van der Waals surface area contributed by atoms with Gasteiger partial charge in [-0.1, -0.05) is 43.3 Å². The Kier molecular flexibility index (Phi) is 5.72. The van der Waals surface area contributed by atoms with Gasteiger partial charge in [0.2, 0.25) is 0 Å². The molecular formula is C18H20N2O2. The number of carbonyl (C=O) groups is 1. The molecule has 0 atom stereocenters. The van der Waals surface area contributed by atoms with Crippen molar-refractivity contribution in [1.29, 1.82) is 0 Å². The number of pyridine rings is 1. The molecule has 22 heavy (non-hydrogen) atoms. The summed E-state index contributed by atoms with van der Waals surface area (Å²) in [7, 11) is 0. The summed E-state index contributed by atoms with van der Waals surface area (Å²) in [5.74, 6) is 0.352. The van der Waals surface area contributed by atoms with Crippen LogP contribution in [0.25, 0.3) is 5.57 Å². The summed E-state index contributed by atoms with van der Waals surface area (Å²) in [6.45, 7) is 4.18. The zero-order chi connectivity index (χ0) is 15.8. The van der Waals surface area contributed by atoms with E-state index in [1.807, 2.05) is 48.5 Å². The molecule has 2 rings (SSSR count). The summed E-state index contributed by atoms with van der Waals surface area (Å²) in [4.78, 5) is 16.6. The lowest BCUT2D eigenvalue weighted by molar-refractivity contribution is -0.136. The van der Waals surface area contributed by atoms with Gasteiger partial charge in [-0.3, -0.25) is 0 Å². The molecule has 1 aromatic heterocycles. The van der Waals surface area contributed by atoms with Crippen molar-refractivity contribution in [1.82, 2.24) is 4.98 Å². The fourth-order valence-corrected chi connectivity index (χ4v) is 1.99. The Bertz CT molecular complexity index is 651. The number of ether oxygens (including phenoxy) is 1. The van der Waals surface area contributed by atoms with E-state index >= 15 is 0 Å². The monoisotopic (exact) mass is 296 g/mol. The first kappa shape index (κ1) is 15.8. The predicted molar refractivity (Wildman–Crippen MR) is 88.3 cm³/mol. The van der Waals surface area contributed by atoms with E-state index in [2.05, 4.69) is 17.2 Å². The minimum Gasteiger partial charge on any atom is -0.462 e. The van der Waals surface area contributed by atoms with Gasteiger partial charge in [0.1, 0.15) is 5.82 Å². The Balaban J connectivity index is 2.26. The lowest BCUT2D eigenvalue weighted by Gasteiger charge is -2.08. The van der Waals surface area contributed by atoms with Gasteiger partial charge in [-0.2, -0.15) is 0 Å². The Hall–Kier alpha value is -2.62. The van der Waals surface area contributed by atoms with Crippen LogP contribution < -0.4 is 5.32 Å². The number of benzene rings is 1. The van der Waals surface area contributed by atoms with Crippen LogP contribution in [-0.4, -0.2) is 17.6 Å². The maximum Gasteiger partial charge on any atom is 0.340 e. The Morgan fingerprint density at radius 2 is 1.91 bits per heavy atom. The Morgan fingerprint density at radius 3 is 2.59 bits per heavy atom. The van der Waals surface area contributed by atoms with Gasteiger partial charge >= 0.3 is 5.97 Å². The second kappa shape index (κ2) is 7.98. The number of esters is 1. The average Bonchev–Trinajstić information content (AvgIpc) is 2.56. The van der Waals surface area contributed by atoms with Crippen LogP contribution in [0.15, 0.2) is 54.7 Å². The van der Waals surface area contributed by atoms with Crippen LogP contribution in [0.1, 0.15) is 25.1 Å². The van der Waals surface area contributed by atoms with E-state index in [-0.39, 0.29) is 5.97 Å². The summed E-state index contributed by atoms with van der Waals surface area (Å²) in [5, 5.41) is 3.08. The molecule has 0 aliphatic rings. The minimum absolute atomic E-state index is 0.340. The van der Waals surface area contributed by atoms with Crippen molar-refractivity contribution < 1.29 is 9.53 Å². The molecular weight excluding hydrogens is 276 g/mol. The number of aromatic nitrogens is 1. The number of hydrogen-bond acceptors (Lipinski definition) is 4. The average molecular weight is 296 g/mol. The fraction of sp³-hybridized carbons (Fsp3) is 0.222. The first-order chi connectivity index (χ1) is 10.7. The zero-order valence-electron chi connectivity index (χ0n) is 12.9. The molecule has 4 heteroatoms. The molecule has 0 saturated heterocycles. The summed E-state index contributed by atoms with van der Waals surface area (Å²) in [6.07, 6.45) is 2.51. The molecule has 0 aliphatic heterocycles. The molecule has 0 saturated carbocycles. The van der Waals surface area contributed by atoms with Gasteiger partial charge in [0.25, 0.3) is 0 Å². The second-order valence-electron chi connectivity index (χ2n) is 4.66. The van der Waals surface area contributed by atoms with Crippen molar-refractivity contribution in [2.45, 2.75) is 20.3 Å². The maximum atomic E-state index is 12.1. The van der Waals surface area contributed by atoms with Crippen LogP contribution in [0.4, 0.5) is 5.82 Å². The SMILES string of the molecule is CCOC(=O)C(=CNc1cccc(CC)n1)c1ccccc1. The topological polar surface area (TPSA) is 51.2 Å².